The van der Waals surface area contributed by atoms with Crippen molar-refractivity contribution < 1.29 is 14.7 Å². The number of hydrogen-bond donors (Lipinski definition) is 4. The minimum atomic E-state index is -1.09. The van der Waals surface area contributed by atoms with Gasteiger partial charge in [-0.25, -0.2) is 0 Å². The number of hydrogen-bond acceptors (Lipinski definition) is 5. The fourth-order valence-electron chi connectivity index (χ4n) is 2.68. The highest BCUT2D eigenvalue weighted by Gasteiger charge is 2.42. The van der Waals surface area contributed by atoms with Gasteiger partial charge in [0.15, 0.2) is 0 Å². The lowest BCUT2D eigenvalue weighted by Gasteiger charge is -2.31. The summed E-state index contributed by atoms with van der Waals surface area (Å²) >= 11 is 1.71. The molecule has 2 fully saturated rings. The van der Waals surface area contributed by atoms with E-state index in [-0.39, 0.29) is 17.7 Å². The van der Waals surface area contributed by atoms with Gasteiger partial charge in [-0.1, -0.05) is 6.92 Å². The van der Waals surface area contributed by atoms with Gasteiger partial charge in [0.05, 0.1) is 5.25 Å². The standard InChI is InChI=1S/C12H21N3O3S/c1-6-2-3-14-8-4-9(19-10(6)8)11(16)15-5-7(13)12(17)18/h6-10,14H,2-5,13H2,1H3,(H,15,16)(H,17,18)/t6?,7-,8?,9?,10?/m1/s1. The maximum Gasteiger partial charge on any atom is 0.322 e. The molecule has 0 spiro atoms. The molecule has 19 heavy (non-hydrogen) atoms. The minimum Gasteiger partial charge on any atom is -0.480 e. The Morgan fingerprint density at radius 2 is 2.32 bits per heavy atom. The average Bonchev–Trinajstić information content (AvgIpc) is 2.80. The zero-order valence-electron chi connectivity index (χ0n) is 11.0. The monoisotopic (exact) mass is 287 g/mol. The van der Waals surface area contributed by atoms with E-state index in [1.165, 1.54) is 0 Å². The molecule has 0 bridgehead atoms. The number of piperidine rings is 1. The van der Waals surface area contributed by atoms with Crippen molar-refractivity contribution in [1.82, 2.24) is 10.6 Å². The second-order valence-corrected chi connectivity index (χ2v) is 6.73. The summed E-state index contributed by atoms with van der Waals surface area (Å²) in [6.45, 7) is 3.23. The third kappa shape index (κ3) is 3.40. The van der Waals surface area contributed by atoms with Crippen LogP contribution in [-0.2, 0) is 9.59 Å². The van der Waals surface area contributed by atoms with E-state index in [4.69, 9.17) is 10.8 Å². The van der Waals surface area contributed by atoms with Gasteiger partial charge in [0.2, 0.25) is 5.91 Å². The van der Waals surface area contributed by atoms with Crippen LogP contribution in [0, 0.1) is 5.92 Å². The van der Waals surface area contributed by atoms with Crippen LogP contribution in [-0.4, -0.2) is 52.7 Å². The Balaban J connectivity index is 1.83. The number of amides is 1. The number of carboxylic acids is 1. The number of fused-ring (bicyclic) bond motifs is 1. The number of carbonyl (C=O) groups excluding carboxylic acids is 1. The molecular formula is C12H21N3O3S. The van der Waals surface area contributed by atoms with Crippen molar-refractivity contribution in [2.24, 2.45) is 11.7 Å². The first kappa shape index (κ1) is 14.6. The van der Waals surface area contributed by atoms with Crippen molar-refractivity contribution in [2.45, 2.75) is 42.3 Å². The second-order valence-electron chi connectivity index (χ2n) is 5.34. The molecule has 0 aromatic heterocycles. The van der Waals surface area contributed by atoms with E-state index in [1.54, 1.807) is 11.8 Å². The Bertz CT molecular complexity index is 366. The number of carbonyl (C=O) groups is 2. The van der Waals surface area contributed by atoms with Gasteiger partial charge in [-0.05, 0) is 25.3 Å². The minimum absolute atomic E-state index is 0.0104. The summed E-state index contributed by atoms with van der Waals surface area (Å²) in [5.41, 5.74) is 5.37. The third-order valence-corrected chi connectivity index (χ3v) is 5.70. The Hall–Kier alpha value is -0.790. The van der Waals surface area contributed by atoms with Gasteiger partial charge in [-0.2, -0.15) is 0 Å². The quantitative estimate of drug-likeness (QED) is 0.550. The van der Waals surface area contributed by atoms with Crippen molar-refractivity contribution in [1.29, 1.82) is 0 Å². The molecule has 6 nitrogen and oxygen atoms in total. The molecule has 0 saturated carbocycles. The molecule has 1 amide bonds. The predicted molar refractivity (Wildman–Crippen MR) is 74.0 cm³/mol. The van der Waals surface area contributed by atoms with Gasteiger partial charge in [-0.15, -0.1) is 11.8 Å². The predicted octanol–water partition coefficient (Wildman–Crippen LogP) is -0.613. The lowest BCUT2D eigenvalue weighted by molar-refractivity contribution is -0.138. The zero-order valence-corrected chi connectivity index (χ0v) is 11.8. The number of nitrogens with one attached hydrogen (secondary N) is 2. The van der Waals surface area contributed by atoms with Gasteiger partial charge in [0.1, 0.15) is 6.04 Å². The van der Waals surface area contributed by atoms with Crippen LogP contribution < -0.4 is 16.4 Å². The lowest BCUT2D eigenvalue weighted by Crippen LogP contribution is -2.45. The van der Waals surface area contributed by atoms with E-state index in [0.717, 1.165) is 19.4 Å². The van der Waals surface area contributed by atoms with Crippen molar-refractivity contribution in [3.05, 3.63) is 0 Å². The van der Waals surface area contributed by atoms with Crippen LogP contribution in [0.3, 0.4) is 0 Å². The van der Waals surface area contributed by atoms with Crippen LogP contribution in [0.25, 0.3) is 0 Å². The van der Waals surface area contributed by atoms with Crippen LogP contribution in [0.5, 0.6) is 0 Å². The molecule has 5 N–H and O–H groups in total. The molecule has 108 valence electrons. The van der Waals surface area contributed by atoms with Crippen LogP contribution in [0.1, 0.15) is 19.8 Å². The summed E-state index contributed by atoms with van der Waals surface area (Å²) in [4.78, 5) is 22.6. The number of carboxylic acid groups (broad SMARTS) is 1. The normalized spacial score (nSPS) is 35.5. The summed E-state index contributed by atoms with van der Waals surface area (Å²) in [6, 6.07) is -0.632. The Kier molecular flexibility index (Phi) is 4.70. The maximum absolute atomic E-state index is 12.0. The molecule has 0 radical (unpaired) electrons. The fourth-order valence-corrected chi connectivity index (χ4v) is 4.38. The van der Waals surface area contributed by atoms with Crippen LogP contribution in [0.4, 0.5) is 0 Å². The molecule has 0 aliphatic carbocycles. The van der Waals surface area contributed by atoms with Gasteiger partial charge in [-0.3, -0.25) is 9.59 Å². The summed E-state index contributed by atoms with van der Waals surface area (Å²) in [7, 11) is 0. The average molecular weight is 287 g/mol. The zero-order chi connectivity index (χ0) is 14.0. The van der Waals surface area contributed by atoms with E-state index in [1.807, 2.05) is 0 Å². The Morgan fingerprint density at radius 1 is 1.58 bits per heavy atom. The molecule has 2 aliphatic heterocycles. The van der Waals surface area contributed by atoms with Gasteiger partial charge >= 0.3 is 5.97 Å². The highest BCUT2D eigenvalue weighted by atomic mass is 32.2. The number of nitrogens with two attached hydrogens (primary N) is 1. The van der Waals surface area contributed by atoms with E-state index in [0.29, 0.717) is 17.2 Å². The lowest BCUT2D eigenvalue weighted by atomic mass is 9.91. The molecule has 2 rings (SSSR count). The molecule has 0 aromatic rings. The van der Waals surface area contributed by atoms with Gasteiger partial charge in [0, 0.05) is 17.8 Å². The topological polar surface area (TPSA) is 104 Å². The molecule has 2 saturated heterocycles. The molecule has 7 heteroatoms. The molecular weight excluding hydrogens is 266 g/mol. The second kappa shape index (κ2) is 6.11. The van der Waals surface area contributed by atoms with Crippen molar-refractivity contribution in [3.8, 4) is 0 Å². The molecule has 2 heterocycles. The highest BCUT2D eigenvalue weighted by molar-refractivity contribution is 8.01. The molecule has 0 aromatic carbocycles. The highest BCUT2D eigenvalue weighted by Crippen LogP contribution is 2.41. The third-order valence-electron chi connectivity index (χ3n) is 3.86. The van der Waals surface area contributed by atoms with E-state index in [2.05, 4.69) is 17.6 Å². The summed E-state index contributed by atoms with van der Waals surface area (Å²) in [5, 5.41) is 15.2. The Labute approximate surface area is 116 Å². The Morgan fingerprint density at radius 3 is 2.95 bits per heavy atom. The van der Waals surface area contributed by atoms with E-state index < -0.39 is 12.0 Å². The van der Waals surface area contributed by atoms with Crippen LogP contribution in [0.2, 0.25) is 0 Å². The molecule has 2 aliphatic rings. The van der Waals surface area contributed by atoms with Crippen LogP contribution in [0.15, 0.2) is 0 Å². The van der Waals surface area contributed by atoms with Crippen molar-refractivity contribution in [3.63, 3.8) is 0 Å². The fraction of sp³-hybridized carbons (Fsp3) is 0.833. The van der Waals surface area contributed by atoms with E-state index in [9.17, 15) is 9.59 Å². The number of thioether (sulfide) groups is 1. The van der Waals surface area contributed by atoms with Gasteiger partial charge in [0.25, 0.3) is 0 Å². The van der Waals surface area contributed by atoms with Crippen LogP contribution >= 0.6 is 11.8 Å². The first-order valence-corrected chi connectivity index (χ1v) is 7.58. The first-order chi connectivity index (χ1) is 8.99. The SMILES string of the molecule is CC1CCNC2CC(C(=O)NC[C@@H](N)C(=O)O)SC12. The first-order valence-electron chi connectivity index (χ1n) is 6.64. The number of rotatable bonds is 4. The molecule has 5 atom stereocenters. The summed E-state index contributed by atoms with van der Waals surface area (Å²) < 4.78 is 0. The molecule has 4 unspecified atom stereocenters. The number of aliphatic carboxylic acids is 1. The maximum atomic E-state index is 12.0. The van der Waals surface area contributed by atoms with Crippen molar-refractivity contribution >= 4 is 23.6 Å². The largest absolute Gasteiger partial charge is 0.480 e. The summed E-state index contributed by atoms with van der Waals surface area (Å²) in [5.74, 6) is -0.566. The van der Waals surface area contributed by atoms with Gasteiger partial charge < -0.3 is 21.5 Å². The van der Waals surface area contributed by atoms with Crippen molar-refractivity contribution in [2.75, 3.05) is 13.1 Å². The smallest absolute Gasteiger partial charge is 0.322 e. The van der Waals surface area contributed by atoms with E-state index >= 15 is 0 Å². The summed E-state index contributed by atoms with van der Waals surface area (Å²) in [6.07, 6.45) is 1.96.